The molecule has 1 fully saturated rings. The number of rotatable bonds is 5. The van der Waals surface area contributed by atoms with Crippen molar-refractivity contribution in [2.45, 2.75) is 31.5 Å². The van der Waals surface area contributed by atoms with Gasteiger partial charge in [-0.2, -0.15) is 0 Å². The highest BCUT2D eigenvalue weighted by Crippen LogP contribution is 2.21. The number of ether oxygens (including phenoxy) is 1. The van der Waals surface area contributed by atoms with Crippen LogP contribution in [-0.4, -0.2) is 35.7 Å². The molecule has 114 valence electrons. The molecule has 2 atom stereocenters. The number of carbonyl (C=O) groups is 2. The van der Waals surface area contributed by atoms with Gasteiger partial charge in [-0.05, 0) is 43.0 Å². The Bertz CT molecular complexity index is 530. The molecule has 1 heterocycles. The molecule has 5 nitrogen and oxygen atoms in total. The standard InChI is InChI=1S/C14H15Cl2NO4/c15-9-5-8(6-10(16)7-9)3-4-17-13(18)11-1-2-12(21-11)14(19)20/h5-7,11-12H,1-4H2,(H,17,18)(H,19,20)/t11-,12+/m0/s1. The van der Waals surface area contributed by atoms with Crippen molar-refractivity contribution in [1.82, 2.24) is 5.32 Å². The summed E-state index contributed by atoms with van der Waals surface area (Å²) in [6.07, 6.45) is -0.203. The molecular weight excluding hydrogens is 317 g/mol. The van der Waals surface area contributed by atoms with Gasteiger partial charge in [0.2, 0.25) is 5.91 Å². The average Bonchev–Trinajstić information content (AvgIpc) is 2.87. The largest absolute Gasteiger partial charge is 0.479 e. The Hall–Kier alpha value is -1.30. The van der Waals surface area contributed by atoms with Gasteiger partial charge < -0.3 is 15.2 Å². The summed E-state index contributed by atoms with van der Waals surface area (Å²) in [7, 11) is 0. The number of benzene rings is 1. The third-order valence-electron chi connectivity index (χ3n) is 3.22. The minimum absolute atomic E-state index is 0.285. The molecule has 21 heavy (non-hydrogen) atoms. The van der Waals surface area contributed by atoms with Crippen molar-refractivity contribution < 1.29 is 19.4 Å². The molecule has 2 rings (SSSR count). The van der Waals surface area contributed by atoms with Crippen molar-refractivity contribution in [2.75, 3.05) is 6.54 Å². The molecule has 0 saturated carbocycles. The van der Waals surface area contributed by atoms with Crippen molar-refractivity contribution in [3.8, 4) is 0 Å². The van der Waals surface area contributed by atoms with E-state index in [1.165, 1.54) is 0 Å². The van der Waals surface area contributed by atoms with Gasteiger partial charge in [-0.25, -0.2) is 4.79 Å². The summed E-state index contributed by atoms with van der Waals surface area (Å²) in [6.45, 7) is 0.410. The van der Waals surface area contributed by atoms with Gasteiger partial charge in [0.05, 0.1) is 0 Å². The number of amides is 1. The summed E-state index contributed by atoms with van der Waals surface area (Å²) >= 11 is 11.8. The highest BCUT2D eigenvalue weighted by atomic mass is 35.5. The molecule has 0 spiro atoms. The number of carbonyl (C=O) groups excluding carboxylic acids is 1. The quantitative estimate of drug-likeness (QED) is 0.867. The van der Waals surface area contributed by atoms with Crippen LogP contribution in [0.3, 0.4) is 0 Å². The summed E-state index contributed by atoms with van der Waals surface area (Å²) in [4.78, 5) is 22.6. The molecule has 1 aliphatic rings. The van der Waals surface area contributed by atoms with E-state index in [-0.39, 0.29) is 5.91 Å². The Morgan fingerprint density at radius 1 is 1.19 bits per heavy atom. The first kappa shape index (κ1) is 16.1. The fraction of sp³-hybridized carbons (Fsp3) is 0.429. The predicted molar refractivity (Wildman–Crippen MR) is 78.7 cm³/mol. The number of hydrogen-bond donors (Lipinski definition) is 2. The second kappa shape index (κ2) is 7.11. The van der Waals surface area contributed by atoms with Crippen molar-refractivity contribution in [3.63, 3.8) is 0 Å². The Labute approximate surface area is 132 Å². The SMILES string of the molecule is O=C(NCCc1cc(Cl)cc(Cl)c1)[C@@H]1CC[C@H](C(=O)O)O1. The lowest BCUT2D eigenvalue weighted by molar-refractivity contribution is -0.151. The lowest BCUT2D eigenvalue weighted by Crippen LogP contribution is -2.36. The number of hydrogen-bond acceptors (Lipinski definition) is 3. The van der Waals surface area contributed by atoms with E-state index in [2.05, 4.69) is 5.32 Å². The number of halogens is 2. The van der Waals surface area contributed by atoms with Gasteiger partial charge in [-0.3, -0.25) is 4.79 Å². The van der Waals surface area contributed by atoms with Gasteiger partial charge >= 0.3 is 5.97 Å². The lowest BCUT2D eigenvalue weighted by Gasteiger charge is -2.12. The molecule has 1 aromatic rings. The third-order valence-corrected chi connectivity index (χ3v) is 3.66. The van der Waals surface area contributed by atoms with Crippen LogP contribution in [0.2, 0.25) is 10.0 Å². The van der Waals surface area contributed by atoms with Crippen LogP contribution in [0, 0.1) is 0 Å². The van der Waals surface area contributed by atoms with E-state index >= 15 is 0 Å². The van der Waals surface area contributed by atoms with Gasteiger partial charge in [-0.15, -0.1) is 0 Å². The van der Waals surface area contributed by atoms with Crippen molar-refractivity contribution >= 4 is 35.1 Å². The van der Waals surface area contributed by atoms with Crippen molar-refractivity contribution in [1.29, 1.82) is 0 Å². The molecule has 0 aliphatic carbocycles. The Kier molecular flexibility index (Phi) is 5.45. The molecular formula is C14H15Cl2NO4. The second-order valence-electron chi connectivity index (χ2n) is 4.85. The lowest BCUT2D eigenvalue weighted by atomic mass is 10.1. The Morgan fingerprint density at radius 2 is 1.81 bits per heavy atom. The minimum atomic E-state index is -1.03. The summed E-state index contributed by atoms with van der Waals surface area (Å²) in [6, 6.07) is 5.21. The summed E-state index contributed by atoms with van der Waals surface area (Å²) in [5.41, 5.74) is 0.920. The maximum atomic E-state index is 11.9. The van der Waals surface area contributed by atoms with E-state index in [9.17, 15) is 9.59 Å². The molecule has 0 bridgehead atoms. The van der Waals surface area contributed by atoms with Crippen LogP contribution < -0.4 is 5.32 Å². The van der Waals surface area contributed by atoms with E-state index in [0.29, 0.717) is 35.9 Å². The first-order valence-corrected chi connectivity index (χ1v) is 7.32. The molecule has 1 amide bonds. The van der Waals surface area contributed by atoms with Crippen LogP contribution in [0.5, 0.6) is 0 Å². The molecule has 1 aliphatic heterocycles. The molecule has 7 heteroatoms. The smallest absolute Gasteiger partial charge is 0.332 e. The first-order valence-electron chi connectivity index (χ1n) is 6.56. The summed E-state index contributed by atoms with van der Waals surface area (Å²) in [5, 5.41) is 12.6. The van der Waals surface area contributed by atoms with Gasteiger partial charge in [-0.1, -0.05) is 23.2 Å². The molecule has 2 N–H and O–H groups in total. The molecule has 0 radical (unpaired) electrons. The highest BCUT2D eigenvalue weighted by molar-refractivity contribution is 6.34. The highest BCUT2D eigenvalue weighted by Gasteiger charge is 2.34. The van der Waals surface area contributed by atoms with Crippen molar-refractivity contribution in [3.05, 3.63) is 33.8 Å². The third kappa shape index (κ3) is 4.59. The van der Waals surface area contributed by atoms with E-state index < -0.39 is 18.2 Å². The van der Waals surface area contributed by atoms with Crippen LogP contribution in [0.4, 0.5) is 0 Å². The zero-order valence-electron chi connectivity index (χ0n) is 11.1. The summed E-state index contributed by atoms with van der Waals surface area (Å²) < 4.78 is 5.17. The monoisotopic (exact) mass is 331 g/mol. The van der Waals surface area contributed by atoms with E-state index in [4.69, 9.17) is 33.0 Å². The molecule has 1 saturated heterocycles. The zero-order chi connectivity index (χ0) is 15.4. The van der Waals surface area contributed by atoms with Crippen LogP contribution >= 0.6 is 23.2 Å². The Balaban J connectivity index is 1.78. The van der Waals surface area contributed by atoms with Crippen molar-refractivity contribution in [2.24, 2.45) is 0 Å². The van der Waals surface area contributed by atoms with Gasteiger partial charge in [0.1, 0.15) is 6.10 Å². The topological polar surface area (TPSA) is 75.6 Å². The average molecular weight is 332 g/mol. The predicted octanol–water partition coefficient (Wildman–Crippen LogP) is 2.28. The fourth-order valence-corrected chi connectivity index (χ4v) is 2.78. The van der Waals surface area contributed by atoms with Gasteiger partial charge in [0, 0.05) is 16.6 Å². The molecule has 1 aromatic carbocycles. The summed E-state index contributed by atoms with van der Waals surface area (Å²) in [5.74, 6) is -1.31. The fourth-order valence-electron chi connectivity index (χ4n) is 2.21. The van der Waals surface area contributed by atoms with Gasteiger partial charge in [0.15, 0.2) is 6.10 Å². The van der Waals surface area contributed by atoms with E-state index in [0.717, 1.165) is 5.56 Å². The number of carboxylic acid groups (broad SMARTS) is 1. The maximum absolute atomic E-state index is 11.9. The second-order valence-corrected chi connectivity index (χ2v) is 5.72. The van der Waals surface area contributed by atoms with Crippen LogP contribution in [0.15, 0.2) is 18.2 Å². The Morgan fingerprint density at radius 3 is 2.38 bits per heavy atom. The first-order chi connectivity index (χ1) is 9.95. The number of carboxylic acids is 1. The van der Waals surface area contributed by atoms with Crippen LogP contribution in [-0.2, 0) is 20.7 Å². The van der Waals surface area contributed by atoms with E-state index in [1.54, 1.807) is 18.2 Å². The zero-order valence-corrected chi connectivity index (χ0v) is 12.7. The van der Waals surface area contributed by atoms with Crippen LogP contribution in [0.1, 0.15) is 18.4 Å². The number of aliphatic carboxylic acids is 1. The van der Waals surface area contributed by atoms with E-state index in [1.807, 2.05) is 0 Å². The maximum Gasteiger partial charge on any atom is 0.332 e. The van der Waals surface area contributed by atoms with Gasteiger partial charge in [0.25, 0.3) is 0 Å². The van der Waals surface area contributed by atoms with Crippen LogP contribution in [0.25, 0.3) is 0 Å². The molecule has 0 unspecified atom stereocenters. The minimum Gasteiger partial charge on any atom is -0.479 e. The normalized spacial score (nSPS) is 21.2. The molecule has 0 aromatic heterocycles. The number of nitrogens with one attached hydrogen (secondary N) is 1.